The first-order valence-electron chi connectivity index (χ1n) is 13.9. The van der Waals surface area contributed by atoms with Crippen LogP contribution in [0.4, 0.5) is 16.3 Å². The normalized spacial score (nSPS) is 11.4. The first-order chi connectivity index (χ1) is 20.8. The highest BCUT2D eigenvalue weighted by Crippen LogP contribution is 2.24. The molecule has 0 fully saturated rings. The fourth-order valence-corrected chi connectivity index (χ4v) is 4.21. The van der Waals surface area contributed by atoms with Gasteiger partial charge in [-0.3, -0.25) is 29.7 Å². The summed E-state index contributed by atoms with van der Waals surface area (Å²) in [5.41, 5.74) is 7.76. The van der Waals surface area contributed by atoms with Crippen LogP contribution in [0.5, 0.6) is 5.75 Å². The number of amides is 3. The third kappa shape index (κ3) is 8.56. The van der Waals surface area contributed by atoms with Crippen LogP contribution < -0.4 is 37.3 Å². The molecule has 0 aliphatic carbocycles. The topological polar surface area (TPSA) is 214 Å². The highest BCUT2D eigenvalue weighted by molar-refractivity contribution is 6.04. The summed E-state index contributed by atoms with van der Waals surface area (Å²) in [7, 11) is 1.41. The average molecular weight is 607 g/mol. The minimum Gasteiger partial charge on any atom is -0.496 e. The van der Waals surface area contributed by atoms with E-state index in [2.05, 4.69) is 20.9 Å². The van der Waals surface area contributed by atoms with Gasteiger partial charge < -0.3 is 31.5 Å². The van der Waals surface area contributed by atoms with E-state index in [4.69, 9.17) is 21.0 Å². The van der Waals surface area contributed by atoms with Gasteiger partial charge in [-0.2, -0.15) is 0 Å². The molecule has 0 aliphatic rings. The zero-order chi connectivity index (χ0) is 32.6. The number of rotatable bonds is 12. The highest BCUT2D eigenvalue weighted by atomic mass is 16.5. The van der Waals surface area contributed by atoms with E-state index in [1.54, 1.807) is 18.2 Å². The zero-order valence-electron chi connectivity index (χ0n) is 25.3. The molecule has 8 N–H and O–H groups in total. The van der Waals surface area contributed by atoms with Crippen molar-refractivity contribution in [1.29, 1.82) is 5.41 Å². The summed E-state index contributed by atoms with van der Waals surface area (Å²) in [6.45, 7) is 7.19. The molecule has 1 heterocycles. The molecule has 44 heavy (non-hydrogen) atoms. The Hall–Kier alpha value is -5.40. The molecule has 2 aromatic carbocycles. The standard InChI is InChI=1S/C30H38N8O6/c1-6-17(4)36-28(40)21-9-20(10-22(31)11-21)23-14-34-27(35-16(2)3)29(41)38(23)15-25(39)33-13-19-8-7-18(12-24(19)44-5)26(32)37-30(42)43/h7-12,14,16-17H,6,13,15,31H2,1-5H3,(H2,32,37)(H,33,39)(H,34,35)(H,36,40)(H,42,43)/t17-/m0/s1. The Morgan fingerprint density at radius 3 is 2.48 bits per heavy atom. The molecule has 0 unspecified atom stereocenters. The predicted molar refractivity (Wildman–Crippen MR) is 167 cm³/mol. The van der Waals surface area contributed by atoms with Crippen molar-refractivity contribution in [3.63, 3.8) is 0 Å². The van der Waals surface area contributed by atoms with Crippen LogP contribution in [0.25, 0.3) is 11.3 Å². The second kappa shape index (κ2) is 14.7. The summed E-state index contributed by atoms with van der Waals surface area (Å²) < 4.78 is 6.64. The second-order valence-electron chi connectivity index (χ2n) is 10.4. The number of carbonyl (C=O) groups excluding carboxylic acids is 2. The Morgan fingerprint density at radius 1 is 1.11 bits per heavy atom. The number of methoxy groups -OCH3 is 1. The van der Waals surface area contributed by atoms with Crippen LogP contribution in [-0.4, -0.2) is 57.6 Å². The molecule has 0 bridgehead atoms. The number of hydrogen-bond donors (Lipinski definition) is 7. The molecule has 0 spiro atoms. The molecule has 3 amide bonds. The van der Waals surface area contributed by atoms with Crippen molar-refractivity contribution >= 4 is 35.2 Å². The van der Waals surface area contributed by atoms with Gasteiger partial charge in [0.1, 0.15) is 18.1 Å². The van der Waals surface area contributed by atoms with Gasteiger partial charge in [0.25, 0.3) is 11.5 Å². The molecule has 1 aromatic heterocycles. The summed E-state index contributed by atoms with van der Waals surface area (Å²) in [5, 5.41) is 27.4. The van der Waals surface area contributed by atoms with Crippen molar-refractivity contribution in [1.82, 2.24) is 25.5 Å². The maximum absolute atomic E-state index is 13.5. The lowest BCUT2D eigenvalue weighted by atomic mass is 10.1. The number of amidine groups is 1. The molecule has 14 heteroatoms. The van der Waals surface area contributed by atoms with Crippen molar-refractivity contribution in [2.75, 3.05) is 18.2 Å². The van der Waals surface area contributed by atoms with Crippen LogP contribution >= 0.6 is 0 Å². The lowest BCUT2D eigenvalue weighted by Gasteiger charge is -2.18. The number of nitrogens with two attached hydrogens (primary N) is 1. The SMILES string of the molecule is CC[C@H](C)NC(=O)c1cc(N)cc(-c2cnc(NC(C)C)c(=O)n2CC(=O)NCc2ccc(C(=N)NC(=O)O)cc2OC)c1. The first kappa shape index (κ1) is 33.1. The van der Waals surface area contributed by atoms with Gasteiger partial charge in [0.05, 0.1) is 19.0 Å². The van der Waals surface area contributed by atoms with Gasteiger partial charge in [-0.25, -0.2) is 9.78 Å². The third-order valence-corrected chi connectivity index (χ3v) is 6.57. The molecular weight excluding hydrogens is 568 g/mol. The maximum atomic E-state index is 13.5. The summed E-state index contributed by atoms with van der Waals surface area (Å²) >= 11 is 0. The Labute approximate surface area is 254 Å². The van der Waals surface area contributed by atoms with Crippen molar-refractivity contribution in [3.05, 3.63) is 69.6 Å². The first-order valence-corrected chi connectivity index (χ1v) is 13.9. The number of benzene rings is 2. The fourth-order valence-electron chi connectivity index (χ4n) is 4.21. The van der Waals surface area contributed by atoms with E-state index in [0.717, 1.165) is 6.42 Å². The molecule has 3 aromatic rings. The van der Waals surface area contributed by atoms with Crippen LogP contribution in [0.3, 0.4) is 0 Å². The van der Waals surface area contributed by atoms with E-state index in [1.165, 1.54) is 36.1 Å². The number of aromatic nitrogens is 2. The van der Waals surface area contributed by atoms with Gasteiger partial charge in [0.15, 0.2) is 5.82 Å². The van der Waals surface area contributed by atoms with Gasteiger partial charge in [0.2, 0.25) is 5.91 Å². The largest absolute Gasteiger partial charge is 0.496 e. The van der Waals surface area contributed by atoms with E-state index in [1.807, 2.05) is 33.0 Å². The molecule has 0 saturated carbocycles. The summed E-state index contributed by atoms with van der Waals surface area (Å²) in [6, 6.07) is 9.17. The number of ether oxygens (including phenoxy) is 1. The minimum atomic E-state index is -1.37. The minimum absolute atomic E-state index is 0.0203. The molecule has 14 nitrogen and oxygen atoms in total. The van der Waals surface area contributed by atoms with Crippen molar-refractivity contribution in [3.8, 4) is 17.0 Å². The van der Waals surface area contributed by atoms with E-state index in [9.17, 15) is 19.2 Å². The molecule has 0 aliphatic heterocycles. The monoisotopic (exact) mass is 606 g/mol. The second-order valence-corrected chi connectivity index (χ2v) is 10.4. The average Bonchev–Trinajstić information content (AvgIpc) is 2.97. The van der Waals surface area contributed by atoms with Crippen molar-refractivity contribution in [2.45, 2.75) is 59.3 Å². The number of carbonyl (C=O) groups is 3. The Balaban J connectivity index is 1.93. The Kier molecular flexibility index (Phi) is 11.0. The van der Waals surface area contributed by atoms with E-state index in [0.29, 0.717) is 28.1 Å². The van der Waals surface area contributed by atoms with Crippen molar-refractivity contribution in [2.24, 2.45) is 0 Å². The van der Waals surface area contributed by atoms with E-state index >= 15 is 0 Å². The molecule has 0 radical (unpaired) electrons. The van der Waals surface area contributed by atoms with Crippen LogP contribution in [0.1, 0.15) is 55.6 Å². The van der Waals surface area contributed by atoms with Crippen LogP contribution in [0, 0.1) is 5.41 Å². The van der Waals surface area contributed by atoms with E-state index in [-0.39, 0.29) is 54.0 Å². The third-order valence-electron chi connectivity index (χ3n) is 6.57. The number of nitrogen functional groups attached to an aromatic ring is 1. The molecule has 0 saturated heterocycles. The lowest BCUT2D eigenvalue weighted by molar-refractivity contribution is -0.121. The Morgan fingerprint density at radius 2 is 1.84 bits per heavy atom. The summed E-state index contributed by atoms with van der Waals surface area (Å²) in [5.74, 6) is -0.763. The van der Waals surface area contributed by atoms with Crippen molar-refractivity contribution < 1.29 is 24.2 Å². The molecule has 1 atom stereocenters. The number of nitrogens with zero attached hydrogens (tertiary/aromatic N) is 2. The van der Waals surface area contributed by atoms with Crippen LogP contribution in [0.15, 0.2) is 47.4 Å². The smallest absolute Gasteiger partial charge is 0.410 e. The van der Waals surface area contributed by atoms with Gasteiger partial charge in [-0.15, -0.1) is 0 Å². The zero-order valence-corrected chi connectivity index (χ0v) is 25.3. The summed E-state index contributed by atoms with van der Waals surface area (Å²) in [4.78, 5) is 54.7. The number of anilines is 2. The predicted octanol–water partition coefficient (Wildman–Crippen LogP) is 2.76. The van der Waals surface area contributed by atoms with Gasteiger partial charge in [-0.05, 0) is 51.5 Å². The molecule has 3 rings (SSSR count). The van der Waals surface area contributed by atoms with Crippen LogP contribution in [-0.2, 0) is 17.9 Å². The number of carboxylic acid groups (broad SMARTS) is 1. The molecule has 234 valence electrons. The van der Waals surface area contributed by atoms with Gasteiger partial charge in [0, 0.05) is 46.6 Å². The number of nitrogens with one attached hydrogen (secondary N) is 5. The Bertz CT molecular complexity index is 1620. The quantitative estimate of drug-likeness (QED) is 0.0915. The van der Waals surface area contributed by atoms with Gasteiger partial charge >= 0.3 is 6.09 Å². The van der Waals surface area contributed by atoms with E-state index < -0.39 is 17.6 Å². The highest BCUT2D eigenvalue weighted by Gasteiger charge is 2.19. The van der Waals surface area contributed by atoms with Crippen LogP contribution in [0.2, 0.25) is 0 Å². The number of hydrogen-bond acceptors (Lipinski definition) is 9. The van der Waals surface area contributed by atoms with Gasteiger partial charge in [-0.1, -0.05) is 19.1 Å². The maximum Gasteiger partial charge on any atom is 0.410 e. The molecular formula is C30H38N8O6. The lowest BCUT2D eigenvalue weighted by Crippen LogP contribution is -2.35. The fraction of sp³-hybridized carbons (Fsp3) is 0.333. The summed E-state index contributed by atoms with van der Waals surface area (Å²) in [6.07, 6.45) is 0.823.